The van der Waals surface area contributed by atoms with Crippen LogP contribution in [0.25, 0.3) is 0 Å². The van der Waals surface area contributed by atoms with Crippen molar-refractivity contribution in [3.05, 3.63) is 22.6 Å². The highest BCUT2D eigenvalue weighted by Gasteiger charge is 2.69. The molecular weight excluding hydrogens is 588 g/mol. The van der Waals surface area contributed by atoms with E-state index in [1.807, 2.05) is 0 Å². The molecule has 4 saturated carbocycles. The van der Waals surface area contributed by atoms with Gasteiger partial charge in [-0.15, -0.1) is 0 Å². The summed E-state index contributed by atoms with van der Waals surface area (Å²) in [6.07, 6.45) is 13.4. The van der Waals surface area contributed by atoms with Crippen molar-refractivity contribution in [3.63, 3.8) is 0 Å². The smallest absolute Gasteiger partial charge is 0.359 e. The average molecular weight is 639 g/mol. The maximum absolute atomic E-state index is 13.5. The molecule has 6 aliphatic rings. The topological polar surface area (TPSA) is 111 Å². The monoisotopic (exact) mass is 638 g/mol. The Balaban J connectivity index is 1.29. The van der Waals surface area contributed by atoms with Crippen LogP contribution in [0.4, 0.5) is 4.79 Å². The first-order chi connectivity index (χ1) is 20.9. The molecule has 1 heterocycles. The largest absolute Gasteiger partial charge is 0.469 e. The van der Waals surface area contributed by atoms with Crippen molar-refractivity contribution in [2.75, 3.05) is 7.11 Å². The number of rotatable bonds is 3. The van der Waals surface area contributed by atoms with E-state index in [0.29, 0.717) is 23.6 Å². The first kappa shape index (κ1) is 32.5. The van der Waals surface area contributed by atoms with Gasteiger partial charge in [0.05, 0.1) is 23.1 Å². The van der Waals surface area contributed by atoms with Crippen molar-refractivity contribution in [2.45, 2.75) is 113 Å². The lowest BCUT2D eigenvalue weighted by molar-refractivity contribution is -0.181. The Morgan fingerprint density at radius 2 is 1.69 bits per heavy atom. The van der Waals surface area contributed by atoms with Crippen LogP contribution in [0, 0.1) is 50.2 Å². The standard InChI is InChI=1S/C36H50N2O6S/c1-31(2)15-17-36(29(41)43-8)18-16-34(6)21(22(36)20-31)9-10-25-33(5)13-12-26(32(3,4)24(33)11-14-35(25,34)7)38-44-27(39)19-23-28(40)37-30(42)45-23/h9,19,22,24-25H,10-18,20H2,1-8H3,(H,37,40,42)/b23-19-,38-26+/t22?,24?,25?,33-,34+,35+,36-/m1/s1. The summed E-state index contributed by atoms with van der Waals surface area (Å²) >= 11 is 0.688. The molecule has 0 spiro atoms. The van der Waals surface area contributed by atoms with Gasteiger partial charge in [0.15, 0.2) is 0 Å². The zero-order chi connectivity index (χ0) is 32.8. The summed E-state index contributed by atoms with van der Waals surface area (Å²) in [4.78, 5) is 54.7. The molecule has 5 fully saturated rings. The molecule has 1 saturated heterocycles. The van der Waals surface area contributed by atoms with Gasteiger partial charge in [-0.2, -0.15) is 0 Å². The highest BCUT2D eigenvalue weighted by molar-refractivity contribution is 8.18. The number of amides is 2. The molecule has 6 rings (SSSR count). The van der Waals surface area contributed by atoms with Crippen LogP contribution in [-0.2, 0) is 24.0 Å². The number of nitrogens with one attached hydrogen (secondary N) is 1. The number of hydrogen-bond donors (Lipinski definition) is 1. The van der Waals surface area contributed by atoms with Crippen molar-refractivity contribution >= 4 is 40.6 Å². The molecule has 1 N–H and O–H groups in total. The molecular formula is C36H50N2O6S. The van der Waals surface area contributed by atoms with Gasteiger partial charge >= 0.3 is 11.9 Å². The molecule has 246 valence electrons. The predicted molar refractivity (Wildman–Crippen MR) is 174 cm³/mol. The number of carbonyl (C=O) groups is 4. The maximum Gasteiger partial charge on any atom is 0.359 e. The summed E-state index contributed by atoms with van der Waals surface area (Å²) in [5.41, 5.74) is 2.13. The normalized spacial score (nSPS) is 43.3. The van der Waals surface area contributed by atoms with Crippen LogP contribution in [-0.4, -0.2) is 35.9 Å². The van der Waals surface area contributed by atoms with Gasteiger partial charge in [0.2, 0.25) is 0 Å². The molecule has 9 heteroatoms. The maximum atomic E-state index is 13.5. The first-order valence-corrected chi connectivity index (χ1v) is 17.6. The number of imide groups is 1. The summed E-state index contributed by atoms with van der Waals surface area (Å²) in [7, 11) is 1.56. The first-order valence-electron chi connectivity index (χ1n) is 16.8. The second kappa shape index (κ2) is 10.5. The van der Waals surface area contributed by atoms with E-state index in [2.05, 4.69) is 65.0 Å². The van der Waals surface area contributed by atoms with Crippen LogP contribution in [0.5, 0.6) is 0 Å². The summed E-state index contributed by atoms with van der Waals surface area (Å²) in [5.74, 6) is -0.263. The van der Waals surface area contributed by atoms with Crippen LogP contribution < -0.4 is 5.32 Å². The van der Waals surface area contributed by atoms with Crippen LogP contribution >= 0.6 is 11.8 Å². The van der Waals surface area contributed by atoms with E-state index >= 15 is 0 Å². The van der Waals surface area contributed by atoms with Crippen LogP contribution in [0.1, 0.15) is 113 Å². The van der Waals surface area contributed by atoms with Gasteiger partial charge in [-0.05, 0) is 115 Å². The SMILES string of the molecule is COC(=O)[C@@]12CCC(C)(C)CC1C1=CCC3[C@]4(C)CC/C(=N\OC(=O)/C=C5\SC(=O)NC5=O)C(C)(C)C4CC[C@]3(C)[C@@]1(C)CC2. The minimum Gasteiger partial charge on any atom is -0.469 e. The fraction of sp³-hybridized carbons (Fsp3) is 0.750. The van der Waals surface area contributed by atoms with Gasteiger partial charge < -0.3 is 9.57 Å². The number of allylic oxidation sites excluding steroid dienone is 2. The molecule has 1 aliphatic heterocycles. The molecule has 2 amide bonds. The lowest BCUT2D eigenvalue weighted by Gasteiger charge is -2.70. The quantitative estimate of drug-likeness (QED) is 0.111. The number of oxime groups is 1. The fourth-order valence-electron chi connectivity index (χ4n) is 11.4. The van der Waals surface area contributed by atoms with E-state index in [1.54, 1.807) is 7.11 Å². The Hall–Kier alpha value is -2.42. The number of methoxy groups -OCH3 is 1. The minimum absolute atomic E-state index is 0.00890. The van der Waals surface area contributed by atoms with Gasteiger partial charge in [-0.1, -0.05) is 65.3 Å². The Kier molecular flexibility index (Phi) is 7.62. The van der Waals surface area contributed by atoms with Gasteiger partial charge in [0.1, 0.15) is 0 Å². The third-order valence-corrected chi connectivity index (χ3v) is 15.0. The second-order valence-electron chi connectivity index (χ2n) is 16.9. The molecule has 8 nitrogen and oxygen atoms in total. The zero-order valence-electron chi connectivity index (χ0n) is 28.3. The van der Waals surface area contributed by atoms with Crippen molar-refractivity contribution < 1.29 is 28.8 Å². The molecule has 0 aromatic heterocycles. The van der Waals surface area contributed by atoms with Crippen LogP contribution in [0.15, 0.2) is 27.8 Å². The summed E-state index contributed by atoms with van der Waals surface area (Å²) in [6.45, 7) is 16.8. The predicted octanol–water partition coefficient (Wildman–Crippen LogP) is 7.73. The van der Waals surface area contributed by atoms with Gasteiger partial charge in [0.25, 0.3) is 11.1 Å². The van der Waals surface area contributed by atoms with Crippen molar-refractivity contribution in [1.29, 1.82) is 0 Å². The van der Waals surface area contributed by atoms with Crippen molar-refractivity contribution in [1.82, 2.24) is 5.32 Å². The van der Waals surface area contributed by atoms with E-state index in [9.17, 15) is 19.2 Å². The number of esters is 1. The Bertz CT molecular complexity index is 1440. The molecule has 0 bridgehead atoms. The minimum atomic E-state index is -0.751. The van der Waals surface area contributed by atoms with Crippen molar-refractivity contribution in [2.24, 2.45) is 55.4 Å². The van der Waals surface area contributed by atoms with Crippen molar-refractivity contribution in [3.8, 4) is 0 Å². The lowest BCUT2D eigenvalue weighted by Crippen LogP contribution is -2.64. The Labute approximate surface area is 271 Å². The number of hydrogen-bond acceptors (Lipinski definition) is 8. The van der Waals surface area contributed by atoms with Crippen LogP contribution in [0.3, 0.4) is 0 Å². The lowest BCUT2D eigenvalue weighted by atomic mass is 9.33. The van der Waals surface area contributed by atoms with E-state index < -0.39 is 22.5 Å². The average Bonchev–Trinajstić information content (AvgIpc) is 3.27. The third-order valence-electron chi connectivity index (χ3n) is 14.1. The Morgan fingerprint density at radius 1 is 0.978 bits per heavy atom. The highest BCUT2D eigenvalue weighted by atomic mass is 32.2. The second-order valence-corrected chi connectivity index (χ2v) is 17.9. The summed E-state index contributed by atoms with van der Waals surface area (Å²) in [5, 5.41) is 6.02. The number of nitrogens with zero attached hydrogens (tertiary/aromatic N) is 1. The number of ether oxygens (including phenoxy) is 1. The molecule has 45 heavy (non-hydrogen) atoms. The van der Waals surface area contributed by atoms with Gasteiger partial charge in [-0.25, -0.2) is 4.79 Å². The molecule has 3 unspecified atom stereocenters. The van der Waals surface area contributed by atoms with Gasteiger partial charge in [-0.3, -0.25) is 19.7 Å². The van der Waals surface area contributed by atoms with Crippen LogP contribution in [0.2, 0.25) is 0 Å². The molecule has 0 aromatic rings. The molecule has 7 atom stereocenters. The molecule has 0 aromatic carbocycles. The number of carbonyl (C=O) groups excluding carboxylic acids is 4. The Morgan fingerprint density at radius 3 is 2.36 bits per heavy atom. The van der Waals surface area contributed by atoms with E-state index in [0.717, 1.165) is 76.0 Å². The third kappa shape index (κ3) is 4.71. The molecule has 0 radical (unpaired) electrons. The number of fused-ring (bicyclic) bond motifs is 7. The van der Waals surface area contributed by atoms with E-state index in [1.165, 1.54) is 5.57 Å². The number of thioether (sulfide) groups is 1. The molecule has 5 aliphatic carbocycles. The zero-order valence-corrected chi connectivity index (χ0v) is 29.1. The summed E-state index contributed by atoms with van der Waals surface area (Å²) < 4.78 is 5.51. The highest BCUT2D eigenvalue weighted by Crippen LogP contribution is 2.75. The van der Waals surface area contributed by atoms with E-state index in [4.69, 9.17) is 9.57 Å². The van der Waals surface area contributed by atoms with Gasteiger partial charge in [0, 0.05) is 11.5 Å². The fourth-order valence-corrected chi connectivity index (χ4v) is 12.1. The van der Waals surface area contributed by atoms with E-state index in [-0.39, 0.29) is 43.9 Å². The summed E-state index contributed by atoms with van der Waals surface area (Å²) in [6, 6.07) is 0.